The van der Waals surface area contributed by atoms with Crippen molar-refractivity contribution in [2.24, 2.45) is 0 Å². The molecule has 0 atom stereocenters. The van der Waals surface area contributed by atoms with Crippen molar-refractivity contribution in [3.8, 4) is 0 Å². The van der Waals surface area contributed by atoms with Gasteiger partial charge >= 0.3 is 0 Å². The summed E-state index contributed by atoms with van der Waals surface area (Å²) in [5, 5.41) is 0. The third-order valence-corrected chi connectivity index (χ3v) is 2.53. The average Bonchev–Trinajstić information content (AvgIpc) is 1.99. The molecule has 0 saturated carbocycles. The third-order valence-electron chi connectivity index (χ3n) is 1.76. The van der Waals surface area contributed by atoms with E-state index in [1.807, 2.05) is 13.8 Å². The van der Waals surface area contributed by atoms with Crippen LogP contribution < -0.4 is 0 Å². The highest BCUT2D eigenvalue weighted by molar-refractivity contribution is 9.10. The van der Waals surface area contributed by atoms with Crippen LogP contribution in [0.25, 0.3) is 0 Å². The van der Waals surface area contributed by atoms with Gasteiger partial charge in [-0.25, -0.2) is 9.37 Å². The minimum atomic E-state index is -0.194. The van der Waals surface area contributed by atoms with Crippen LogP contribution in [0.3, 0.4) is 0 Å². The van der Waals surface area contributed by atoms with Crippen molar-refractivity contribution < 1.29 is 4.39 Å². The first-order valence-electron chi connectivity index (χ1n) is 3.85. The molecule has 12 heavy (non-hydrogen) atoms. The van der Waals surface area contributed by atoms with Crippen LogP contribution >= 0.6 is 15.9 Å². The Kier molecular flexibility index (Phi) is 2.83. The molecule has 1 aromatic rings. The highest BCUT2D eigenvalue weighted by atomic mass is 79.9. The van der Waals surface area contributed by atoms with Gasteiger partial charge in [0.15, 0.2) is 0 Å². The minimum Gasteiger partial charge on any atom is -0.245 e. The highest BCUT2D eigenvalue weighted by Gasteiger charge is 2.08. The monoisotopic (exact) mass is 231 g/mol. The van der Waals surface area contributed by atoms with Crippen LogP contribution in [0.1, 0.15) is 31.0 Å². The number of rotatable bonds is 1. The average molecular weight is 232 g/mol. The fourth-order valence-corrected chi connectivity index (χ4v) is 1.26. The summed E-state index contributed by atoms with van der Waals surface area (Å²) in [6.07, 6.45) is 0. The van der Waals surface area contributed by atoms with Crippen LogP contribution in [-0.2, 0) is 0 Å². The van der Waals surface area contributed by atoms with Gasteiger partial charge in [0.1, 0.15) is 10.4 Å². The Morgan fingerprint density at radius 2 is 2.08 bits per heavy atom. The molecule has 0 aliphatic rings. The number of nitrogens with zero attached hydrogens (tertiary/aromatic N) is 1. The largest absolute Gasteiger partial charge is 0.245 e. The van der Waals surface area contributed by atoms with E-state index in [1.165, 1.54) is 6.07 Å². The Balaban J connectivity index is 3.21. The van der Waals surface area contributed by atoms with Crippen LogP contribution in [0, 0.1) is 12.7 Å². The molecule has 0 unspecified atom stereocenters. The van der Waals surface area contributed by atoms with E-state index in [-0.39, 0.29) is 11.7 Å². The molecule has 0 aliphatic carbocycles. The van der Waals surface area contributed by atoms with Crippen molar-refractivity contribution in [1.82, 2.24) is 4.98 Å². The second kappa shape index (κ2) is 3.52. The second-order valence-electron chi connectivity index (χ2n) is 3.10. The van der Waals surface area contributed by atoms with Gasteiger partial charge in [-0.1, -0.05) is 13.8 Å². The summed E-state index contributed by atoms with van der Waals surface area (Å²) in [5.41, 5.74) is 1.35. The van der Waals surface area contributed by atoms with E-state index >= 15 is 0 Å². The predicted octanol–water partition coefficient (Wildman–Crippen LogP) is 3.42. The molecule has 66 valence electrons. The van der Waals surface area contributed by atoms with Gasteiger partial charge in [0.25, 0.3) is 0 Å². The lowest BCUT2D eigenvalue weighted by Crippen LogP contribution is -1.97. The summed E-state index contributed by atoms with van der Waals surface area (Å²) in [5.74, 6) is 0.0666. The molecule has 0 N–H and O–H groups in total. The van der Waals surface area contributed by atoms with Gasteiger partial charge in [-0.3, -0.25) is 0 Å². The van der Waals surface area contributed by atoms with Crippen molar-refractivity contribution in [2.45, 2.75) is 26.7 Å². The van der Waals surface area contributed by atoms with Crippen molar-refractivity contribution in [3.05, 3.63) is 27.7 Å². The minimum absolute atomic E-state index is 0.194. The van der Waals surface area contributed by atoms with E-state index in [2.05, 4.69) is 20.9 Å². The fraction of sp³-hybridized carbons (Fsp3) is 0.444. The lowest BCUT2D eigenvalue weighted by atomic mass is 10.1. The van der Waals surface area contributed by atoms with Gasteiger partial charge in [-0.15, -0.1) is 0 Å². The first kappa shape index (κ1) is 9.65. The molecule has 1 heterocycles. The molecule has 1 rings (SSSR count). The van der Waals surface area contributed by atoms with Crippen LogP contribution in [-0.4, -0.2) is 4.98 Å². The molecule has 0 spiro atoms. The molecule has 0 aromatic carbocycles. The van der Waals surface area contributed by atoms with Crippen molar-refractivity contribution in [3.63, 3.8) is 0 Å². The van der Waals surface area contributed by atoms with Gasteiger partial charge in [0, 0.05) is 11.3 Å². The Labute approximate surface area is 80.1 Å². The second-order valence-corrected chi connectivity index (χ2v) is 3.85. The number of halogens is 2. The van der Waals surface area contributed by atoms with Gasteiger partial charge in [0.2, 0.25) is 0 Å². The van der Waals surface area contributed by atoms with Crippen molar-refractivity contribution in [1.29, 1.82) is 0 Å². The molecule has 3 heteroatoms. The maximum absolute atomic E-state index is 13.1. The summed E-state index contributed by atoms with van der Waals surface area (Å²) in [7, 11) is 0. The van der Waals surface area contributed by atoms with E-state index in [9.17, 15) is 4.39 Å². The van der Waals surface area contributed by atoms with Gasteiger partial charge in [-0.05, 0) is 34.8 Å². The Morgan fingerprint density at radius 3 is 2.50 bits per heavy atom. The zero-order chi connectivity index (χ0) is 9.30. The number of aromatic nitrogens is 1. The van der Waals surface area contributed by atoms with E-state index in [4.69, 9.17) is 0 Å². The Bertz CT molecular complexity index is 274. The zero-order valence-corrected chi connectivity index (χ0v) is 8.94. The van der Waals surface area contributed by atoms with Crippen LogP contribution in [0.15, 0.2) is 10.7 Å². The number of hydrogen-bond acceptors (Lipinski definition) is 1. The maximum Gasteiger partial charge on any atom is 0.130 e. The molecule has 0 bridgehead atoms. The molecule has 1 nitrogen and oxygen atoms in total. The Morgan fingerprint density at radius 1 is 1.50 bits per heavy atom. The van der Waals surface area contributed by atoms with Crippen molar-refractivity contribution in [2.75, 3.05) is 0 Å². The summed E-state index contributed by atoms with van der Waals surface area (Å²) >= 11 is 3.21. The summed E-state index contributed by atoms with van der Waals surface area (Å²) in [6, 6.07) is 1.49. The summed E-state index contributed by atoms with van der Waals surface area (Å²) < 4.78 is 13.7. The van der Waals surface area contributed by atoms with Gasteiger partial charge < -0.3 is 0 Å². The third kappa shape index (κ3) is 1.83. The highest BCUT2D eigenvalue weighted by Crippen LogP contribution is 2.21. The maximum atomic E-state index is 13.1. The van der Waals surface area contributed by atoms with Crippen LogP contribution in [0.4, 0.5) is 4.39 Å². The van der Waals surface area contributed by atoms with E-state index < -0.39 is 0 Å². The number of hydrogen-bond donors (Lipinski definition) is 0. The lowest BCUT2D eigenvalue weighted by molar-refractivity contribution is 0.606. The molecule has 0 radical (unpaired) electrons. The molecular weight excluding hydrogens is 221 g/mol. The fourth-order valence-electron chi connectivity index (χ4n) is 0.862. The summed E-state index contributed by atoms with van der Waals surface area (Å²) in [4.78, 5) is 4.21. The standard InChI is InChI=1S/C9H11BrFN/c1-5(2)8-4-7(11)6(3)9(10)12-8/h4-5H,1-3H3. The normalized spacial score (nSPS) is 10.8. The Hall–Kier alpha value is -0.440. The van der Waals surface area contributed by atoms with Gasteiger partial charge in [0.05, 0.1) is 0 Å². The SMILES string of the molecule is Cc1c(F)cc(C(C)C)nc1Br. The molecule has 0 fully saturated rings. The lowest BCUT2D eigenvalue weighted by Gasteiger charge is -2.06. The smallest absolute Gasteiger partial charge is 0.130 e. The molecule has 0 aliphatic heterocycles. The first-order valence-corrected chi connectivity index (χ1v) is 4.64. The topological polar surface area (TPSA) is 12.9 Å². The first-order chi connectivity index (χ1) is 5.52. The number of pyridine rings is 1. The van der Waals surface area contributed by atoms with E-state index in [0.29, 0.717) is 10.2 Å². The summed E-state index contributed by atoms with van der Waals surface area (Å²) in [6.45, 7) is 5.68. The van der Waals surface area contributed by atoms with Crippen LogP contribution in [0.5, 0.6) is 0 Å². The molecule has 1 aromatic heterocycles. The van der Waals surface area contributed by atoms with E-state index in [1.54, 1.807) is 6.92 Å². The van der Waals surface area contributed by atoms with E-state index in [0.717, 1.165) is 5.69 Å². The molecule has 0 saturated heterocycles. The predicted molar refractivity (Wildman–Crippen MR) is 50.7 cm³/mol. The molecule has 0 amide bonds. The zero-order valence-electron chi connectivity index (χ0n) is 7.36. The quantitative estimate of drug-likeness (QED) is 0.676. The van der Waals surface area contributed by atoms with Crippen LogP contribution in [0.2, 0.25) is 0 Å². The molecular formula is C9H11BrFN. The van der Waals surface area contributed by atoms with Gasteiger partial charge in [-0.2, -0.15) is 0 Å². The van der Waals surface area contributed by atoms with Crippen molar-refractivity contribution >= 4 is 15.9 Å².